The van der Waals surface area contributed by atoms with E-state index in [0.717, 1.165) is 32.0 Å². The highest BCUT2D eigenvalue weighted by molar-refractivity contribution is 7.90. The van der Waals surface area contributed by atoms with Gasteiger partial charge in [-0.05, 0) is 59.2 Å². The molecule has 1 aliphatic heterocycles. The van der Waals surface area contributed by atoms with Crippen LogP contribution in [0.3, 0.4) is 0 Å². The van der Waals surface area contributed by atoms with Gasteiger partial charge in [-0.2, -0.15) is 0 Å². The van der Waals surface area contributed by atoms with E-state index < -0.39 is 9.84 Å². The van der Waals surface area contributed by atoms with E-state index in [-0.39, 0.29) is 21.6 Å². The summed E-state index contributed by atoms with van der Waals surface area (Å²) in [6.07, 6.45) is 3.30. The Morgan fingerprint density at radius 1 is 1.00 bits per heavy atom. The molecule has 2 aromatic heterocycles. The van der Waals surface area contributed by atoms with Crippen LogP contribution in [-0.4, -0.2) is 31.3 Å². The van der Waals surface area contributed by atoms with Gasteiger partial charge in [0, 0.05) is 46.9 Å². The van der Waals surface area contributed by atoms with Gasteiger partial charge in [-0.15, -0.1) is 11.3 Å². The molecule has 5 rings (SSSR count). The fraction of sp³-hybridized carbons (Fsp3) is 0.120. The lowest BCUT2D eigenvalue weighted by Crippen LogP contribution is -2.17. The Morgan fingerprint density at radius 3 is 2.55 bits per heavy atom. The molecule has 8 heteroatoms. The summed E-state index contributed by atoms with van der Waals surface area (Å²) in [6.45, 7) is 0.617. The lowest BCUT2D eigenvalue weighted by atomic mass is 10.1. The number of hydrogen-bond donors (Lipinski definition) is 0. The summed E-state index contributed by atoms with van der Waals surface area (Å²) in [7, 11) is -1.79. The maximum Gasteiger partial charge on any atom is 0.254 e. The second kappa shape index (κ2) is 8.41. The van der Waals surface area contributed by atoms with E-state index in [9.17, 15) is 13.2 Å². The highest BCUT2D eigenvalue weighted by atomic mass is 35.5. The van der Waals surface area contributed by atoms with Gasteiger partial charge in [0.15, 0.2) is 9.84 Å². The fourth-order valence-electron chi connectivity index (χ4n) is 3.96. The highest BCUT2D eigenvalue weighted by Crippen LogP contribution is 2.36. The van der Waals surface area contributed by atoms with Crippen LogP contribution in [0, 0.1) is 0 Å². The number of carbonyl (C=O) groups excluding carboxylic acids is 1. The first-order valence-corrected chi connectivity index (χ1v) is 13.1. The molecule has 0 N–H and O–H groups in total. The van der Waals surface area contributed by atoms with Gasteiger partial charge in [0.05, 0.1) is 15.7 Å². The van der Waals surface area contributed by atoms with Crippen molar-refractivity contribution in [3.8, 4) is 20.9 Å². The maximum absolute atomic E-state index is 12.9. The van der Waals surface area contributed by atoms with E-state index in [1.165, 1.54) is 6.07 Å². The standard InChI is InChI=1S/C25H19ClN2O3S2/c1-28-14-19-11-17(6-7-20(19)25(28)29)22-8-9-23(32-22)18-10-16(12-27-13-18)15-33(30,31)24-5-3-2-4-21(24)26/h2-13H,14-15H2,1H3. The van der Waals surface area contributed by atoms with Crippen LogP contribution >= 0.6 is 22.9 Å². The maximum atomic E-state index is 12.9. The van der Waals surface area contributed by atoms with Crippen molar-refractivity contribution in [2.45, 2.75) is 17.2 Å². The molecule has 1 aliphatic rings. The molecule has 5 nitrogen and oxygen atoms in total. The number of pyridine rings is 1. The number of thiophene rings is 1. The molecule has 0 fully saturated rings. The summed E-state index contributed by atoms with van der Waals surface area (Å²) in [5.41, 5.74) is 4.30. The van der Waals surface area contributed by atoms with Gasteiger partial charge < -0.3 is 4.90 Å². The zero-order valence-electron chi connectivity index (χ0n) is 17.7. The first-order valence-electron chi connectivity index (χ1n) is 10.2. The average molecular weight is 495 g/mol. The van der Waals surface area contributed by atoms with E-state index in [1.54, 1.807) is 53.9 Å². The fourth-order valence-corrected chi connectivity index (χ4v) is 6.84. The van der Waals surface area contributed by atoms with E-state index in [2.05, 4.69) is 11.1 Å². The molecule has 0 unspecified atom stereocenters. The minimum atomic E-state index is -3.60. The van der Waals surface area contributed by atoms with Gasteiger partial charge >= 0.3 is 0 Å². The van der Waals surface area contributed by atoms with Crippen molar-refractivity contribution in [1.29, 1.82) is 0 Å². The molecule has 33 heavy (non-hydrogen) atoms. The molecule has 0 bridgehead atoms. The minimum absolute atomic E-state index is 0.0538. The summed E-state index contributed by atoms with van der Waals surface area (Å²) in [6, 6.07) is 18.3. The van der Waals surface area contributed by atoms with Crippen LogP contribution in [-0.2, 0) is 22.1 Å². The van der Waals surface area contributed by atoms with Crippen molar-refractivity contribution in [2.24, 2.45) is 0 Å². The summed E-state index contributed by atoms with van der Waals surface area (Å²) >= 11 is 7.70. The van der Waals surface area contributed by atoms with Crippen LogP contribution in [0.25, 0.3) is 20.9 Å². The number of hydrogen-bond acceptors (Lipinski definition) is 5. The van der Waals surface area contributed by atoms with Gasteiger partial charge in [-0.25, -0.2) is 8.42 Å². The Labute approximate surface area is 201 Å². The Bertz CT molecular complexity index is 1500. The van der Waals surface area contributed by atoms with Crippen molar-refractivity contribution in [2.75, 3.05) is 7.05 Å². The molecular formula is C25H19ClN2O3S2. The number of fused-ring (bicyclic) bond motifs is 1. The van der Waals surface area contributed by atoms with Crippen LogP contribution in [0.15, 0.2) is 78.0 Å². The molecule has 1 amide bonds. The molecule has 0 saturated carbocycles. The smallest absolute Gasteiger partial charge is 0.254 e. The molecular weight excluding hydrogens is 476 g/mol. The number of rotatable bonds is 5. The largest absolute Gasteiger partial charge is 0.337 e. The normalized spacial score (nSPS) is 13.4. The van der Waals surface area contributed by atoms with Gasteiger partial charge in [-0.1, -0.05) is 29.8 Å². The summed E-state index contributed by atoms with van der Waals surface area (Å²) in [5, 5.41) is 0.215. The summed E-state index contributed by atoms with van der Waals surface area (Å²) in [5.74, 6) is -0.125. The van der Waals surface area contributed by atoms with Crippen molar-refractivity contribution >= 4 is 38.7 Å². The highest BCUT2D eigenvalue weighted by Gasteiger charge is 2.24. The third-order valence-corrected chi connectivity index (χ3v) is 8.95. The van der Waals surface area contributed by atoms with Crippen LogP contribution in [0.4, 0.5) is 0 Å². The van der Waals surface area contributed by atoms with Gasteiger partial charge in [-0.3, -0.25) is 9.78 Å². The molecule has 3 heterocycles. The molecule has 0 aliphatic carbocycles. The molecule has 2 aromatic carbocycles. The number of carbonyl (C=O) groups is 1. The van der Waals surface area contributed by atoms with Crippen molar-refractivity contribution in [1.82, 2.24) is 9.88 Å². The van der Waals surface area contributed by atoms with Crippen LogP contribution in [0.1, 0.15) is 21.5 Å². The van der Waals surface area contributed by atoms with Gasteiger partial charge in [0.25, 0.3) is 5.91 Å². The number of sulfone groups is 1. The second-order valence-corrected chi connectivity index (χ2v) is 11.4. The SMILES string of the molecule is CN1Cc2cc(-c3ccc(-c4cncc(CS(=O)(=O)c5ccccc5Cl)c4)s3)ccc2C1=O. The zero-order valence-corrected chi connectivity index (χ0v) is 20.0. The molecule has 0 atom stereocenters. The van der Waals surface area contributed by atoms with Gasteiger partial charge in [0.1, 0.15) is 0 Å². The van der Waals surface area contributed by atoms with E-state index in [4.69, 9.17) is 11.6 Å². The van der Waals surface area contributed by atoms with E-state index in [0.29, 0.717) is 12.1 Å². The number of nitrogens with zero attached hydrogens (tertiary/aromatic N) is 2. The summed E-state index contributed by atoms with van der Waals surface area (Å²) in [4.78, 5) is 20.3. The molecule has 166 valence electrons. The number of aromatic nitrogens is 1. The molecule has 4 aromatic rings. The molecule has 0 spiro atoms. The predicted molar refractivity (Wildman–Crippen MR) is 131 cm³/mol. The zero-order chi connectivity index (χ0) is 23.2. The Morgan fingerprint density at radius 2 is 1.76 bits per heavy atom. The van der Waals surface area contributed by atoms with Crippen molar-refractivity contribution in [3.63, 3.8) is 0 Å². The van der Waals surface area contributed by atoms with Crippen molar-refractivity contribution < 1.29 is 13.2 Å². The first kappa shape index (κ1) is 21.8. The first-order chi connectivity index (χ1) is 15.8. The lowest BCUT2D eigenvalue weighted by Gasteiger charge is -2.07. The average Bonchev–Trinajstić information content (AvgIpc) is 3.39. The van der Waals surface area contributed by atoms with Gasteiger partial charge in [0.2, 0.25) is 0 Å². The molecule has 0 radical (unpaired) electrons. The Hall–Kier alpha value is -3.00. The quantitative estimate of drug-likeness (QED) is 0.357. The van der Waals surface area contributed by atoms with E-state index >= 15 is 0 Å². The third kappa shape index (κ3) is 4.19. The number of amides is 1. The Balaban J connectivity index is 1.41. The number of halogens is 1. The predicted octanol–water partition coefficient (Wildman–Crippen LogP) is 5.69. The van der Waals surface area contributed by atoms with Crippen LogP contribution < -0.4 is 0 Å². The van der Waals surface area contributed by atoms with Crippen molar-refractivity contribution in [3.05, 3.63) is 94.8 Å². The second-order valence-electron chi connectivity index (χ2n) is 7.97. The van der Waals surface area contributed by atoms with E-state index in [1.807, 2.05) is 30.3 Å². The molecule has 0 saturated heterocycles. The monoisotopic (exact) mass is 494 g/mol. The lowest BCUT2D eigenvalue weighted by molar-refractivity contribution is 0.0816. The topological polar surface area (TPSA) is 67.3 Å². The third-order valence-electron chi connectivity index (χ3n) is 5.59. The number of benzene rings is 2. The summed E-state index contributed by atoms with van der Waals surface area (Å²) < 4.78 is 25.7. The Kier molecular flexibility index (Phi) is 5.56. The van der Waals surface area contributed by atoms with Crippen LogP contribution in [0.5, 0.6) is 0 Å². The minimum Gasteiger partial charge on any atom is -0.337 e. The van der Waals surface area contributed by atoms with Crippen LogP contribution in [0.2, 0.25) is 5.02 Å².